The second-order valence-corrected chi connectivity index (χ2v) is 5.92. The molecule has 5 heteroatoms. The number of rotatable bonds is 1. The molecule has 100 valence electrons. The van der Waals surface area contributed by atoms with Crippen LogP contribution in [0.2, 0.25) is 0 Å². The van der Waals surface area contributed by atoms with Crippen LogP contribution in [0.3, 0.4) is 0 Å². The zero-order valence-electron chi connectivity index (χ0n) is 11.6. The lowest BCUT2D eigenvalue weighted by molar-refractivity contribution is -0.0755. The van der Waals surface area contributed by atoms with E-state index in [4.69, 9.17) is 15.2 Å². The van der Waals surface area contributed by atoms with Gasteiger partial charge in [-0.1, -0.05) is 0 Å². The largest absolute Gasteiger partial charge is 0.444 e. The van der Waals surface area contributed by atoms with Gasteiger partial charge in [-0.25, -0.2) is 4.79 Å². The molecule has 2 N–H and O–H groups in total. The Balaban J connectivity index is 2.89. The summed E-state index contributed by atoms with van der Waals surface area (Å²) < 4.78 is 11.1. The fourth-order valence-electron chi connectivity index (χ4n) is 2.16. The second kappa shape index (κ2) is 4.46. The lowest BCUT2D eigenvalue weighted by atomic mass is 10.1. The predicted molar refractivity (Wildman–Crippen MR) is 65.5 cm³/mol. The van der Waals surface area contributed by atoms with Crippen LogP contribution in [-0.2, 0) is 9.47 Å². The van der Waals surface area contributed by atoms with E-state index in [9.17, 15) is 4.79 Å². The minimum absolute atomic E-state index is 0.0810. The maximum atomic E-state index is 12.2. The van der Waals surface area contributed by atoms with Crippen molar-refractivity contribution < 1.29 is 14.3 Å². The molecule has 0 radical (unpaired) electrons. The molecule has 5 nitrogen and oxygen atoms in total. The zero-order valence-corrected chi connectivity index (χ0v) is 11.6. The third-order valence-corrected chi connectivity index (χ3v) is 2.76. The first-order valence-corrected chi connectivity index (χ1v) is 5.98. The van der Waals surface area contributed by atoms with Gasteiger partial charge in [0.2, 0.25) is 0 Å². The Hall–Kier alpha value is -0.810. The van der Waals surface area contributed by atoms with Gasteiger partial charge in [0, 0.05) is 6.54 Å². The van der Waals surface area contributed by atoms with Crippen molar-refractivity contribution in [2.45, 2.75) is 65.0 Å². The first-order valence-electron chi connectivity index (χ1n) is 5.98. The van der Waals surface area contributed by atoms with Crippen LogP contribution in [0.5, 0.6) is 0 Å². The van der Waals surface area contributed by atoms with E-state index in [-0.39, 0.29) is 18.2 Å². The fourth-order valence-corrected chi connectivity index (χ4v) is 2.16. The molecular formula is C12H24N2O3. The molecule has 2 unspecified atom stereocenters. The van der Waals surface area contributed by atoms with Crippen LogP contribution in [-0.4, -0.2) is 41.0 Å². The molecule has 1 aliphatic heterocycles. The van der Waals surface area contributed by atoms with Gasteiger partial charge in [-0.05, 0) is 41.5 Å². The first kappa shape index (κ1) is 14.3. The number of hydrogen-bond donors (Lipinski definition) is 1. The Morgan fingerprint density at radius 2 is 2.00 bits per heavy atom. The highest BCUT2D eigenvalue weighted by molar-refractivity contribution is 5.70. The molecular weight excluding hydrogens is 220 g/mol. The number of ether oxygens (including phenoxy) is 2. The molecule has 2 atom stereocenters. The number of nitrogens with zero attached hydrogens (tertiary/aromatic N) is 1. The van der Waals surface area contributed by atoms with Gasteiger partial charge in [-0.15, -0.1) is 0 Å². The molecule has 0 aromatic heterocycles. The lowest BCUT2D eigenvalue weighted by Crippen LogP contribution is -2.52. The van der Waals surface area contributed by atoms with Crippen molar-refractivity contribution in [1.29, 1.82) is 0 Å². The third kappa shape index (κ3) is 3.10. The summed E-state index contributed by atoms with van der Waals surface area (Å²) in [7, 11) is 0. The van der Waals surface area contributed by atoms with E-state index in [1.807, 2.05) is 41.5 Å². The van der Waals surface area contributed by atoms with Gasteiger partial charge in [0.25, 0.3) is 0 Å². The van der Waals surface area contributed by atoms with Gasteiger partial charge in [-0.2, -0.15) is 0 Å². The van der Waals surface area contributed by atoms with Crippen molar-refractivity contribution in [3.8, 4) is 0 Å². The van der Waals surface area contributed by atoms with Gasteiger partial charge in [0.05, 0.1) is 12.1 Å². The molecule has 1 fully saturated rings. The molecule has 1 rings (SSSR count). The summed E-state index contributed by atoms with van der Waals surface area (Å²) in [5, 5.41) is 0. The van der Waals surface area contributed by atoms with Crippen molar-refractivity contribution in [3.05, 3.63) is 0 Å². The summed E-state index contributed by atoms with van der Waals surface area (Å²) in [5.74, 6) is 0. The molecule has 0 spiro atoms. The summed E-state index contributed by atoms with van der Waals surface area (Å²) in [4.78, 5) is 13.8. The summed E-state index contributed by atoms with van der Waals surface area (Å²) in [6.45, 7) is 11.5. The van der Waals surface area contributed by atoms with Crippen molar-refractivity contribution in [3.63, 3.8) is 0 Å². The molecule has 1 saturated heterocycles. The summed E-state index contributed by atoms with van der Waals surface area (Å²) >= 11 is 0. The molecule has 0 saturated carbocycles. The Bertz CT molecular complexity index is 297. The monoisotopic (exact) mass is 244 g/mol. The van der Waals surface area contributed by atoms with Gasteiger partial charge < -0.3 is 15.2 Å². The van der Waals surface area contributed by atoms with E-state index in [2.05, 4.69) is 0 Å². The summed E-state index contributed by atoms with van der Waals surface area (Å²) in [6, 6.07) is -0.139. The minimum atomic E-state index is -0.675. The molecule has 17 heavy (non-hydrogen) atoms. The second-order valence-electron chi connectivity index (χ2n) is 5.92. The van der Waals surface area contributed by atoms with Crippen LogP contribution in [0, 0.1) is 0 Å². The van der Waals surface area contributed by atoms with Crippen molar-refractivity contribution in [2.75, 3.05) is 6.54 Å². The van der Waals surface area contributed by atoms with Gasteiger partial charge >= 0.3 is 6.09 Å². The maximum Gasteiger partial charge on any atom is 0.412 e. The van der Waals surface area contributed by atoms with Crippen LogP contribution in [0.1, 0.15) is 41.5 Å². The van der Waals surface area contributed by atoms with E-state index in [0.717, 1.165) is 0 Å². The van der Waals surface area contributed by atoms with Crippen molar-refractivity contribution in [1.82, 2.24) is 4.90 Å². The van der Waals surface area contributed by atoms with E-state index in [1.54, 1.807) is 4.90 Å². The van der Waals surface area contributed by atoms with Gasteiger partial charge in [0.15, 0.2) is 0 Å². The molecule has 1 aliphatic rings. The quantitative estimate of drug-likeness (QED) is 0.762. The van der Waals surface area contributed by atoms with Crippen LogP contribution < -0.4 is 5.73 Å². The summed E-state index contributed by atoms with van der Waals surface area (Å²) in [6.07, 6.45) is -0.454. The van der Waals surface area contributed by atoms with Gasteiger partial charge in [0.1, 0.15) is 11.3 Å². The Morgan fingerprint density at radius 1 is 1.47 bits per heavy atom. The van der Waals surface area contributed by atoms with E-state index < -0.39 is 11.3 Å². The fraction of sp³-hybridized carbons (Fsp3) is 0.917. The number of amides is 1. The topological polar surface area (TPSA) is 64.8 Å². The number of carbonyl (C=O) groups excluding carboxylic acids is 1. The lowest BCUT2D eigenvalue weighted by Gasteiger charge is -2.34. The Kier molecular flexibility index (Phi) is 3.74. The molecule has 0 aromatic carbocycles. The molecule has 0 aliphatic carbocycles. The molecule has 0 aromatic rings. The standard InChI is InChI=1S/C12H24N2O3/c1-8-9(7-13)14(12(5,6)16-8)10(15)17-11(2,3)4/h8-9H,7,13H2,1-6H3. The molecule has 1 heterocycles. The number of hydrogen-bond acceptors (Lipinski definition) is 4. The Morgan fingerprint density at radius 3 is 2.41 bits per heavy atom. The first-order chi connectivity index (χ1) is 7.58. The van der Waals surface area contributed by atoms with Crippen molar-refractivity contribution in [2.24, 2.45) is 5.73 Å². The van der Waals surface area contributed by atoms with E-state index in [0.29, 0.717) is 6.54 Å². The predicted octanol–water partition coefficient (Wildman–Crippen LogP) is 1.71. The third-order valence-electron chi connectivity index (χ3n) is 2.76. The van der Waals surface area contributed by atoms with Crippen LogP contribution in [0.15, 0.2) is 0 Å². The highest BCUT2D eigenvalue weighted by Gasteiger charge is 2.48. The van der Waals surface area contributed by atoms with Crippen LogP contribution in [0.4, 0.5) is 4.79 Å². The van der Waals surface area contributed by atoms with Crippen LogP contribution >= 0.6 is 0 Å². The highest BCUT2D eigenvalue weighted by atomic mass is 16.6. The smallest absolute Gasteiger partial charge is 0.412 e. The van der Waals surface area contributed by atoms with E-state index in [1.165, 1.54) is 0 Å². The SMILES string of the molecule is CC1OC(C)(C)N(C(=O)OC(C)(C)C)C1CN. The number of nitrogens with two attached hydrogens (primary N) is 1. The maximum absolute atomic E-state index is 12.2. The average Bonchev–Trinajstić information content (AvgIpc) is 2.31. The van der Waals surface area contributed by atoms with Crippen LogP contribution in [0.25, 0.3) is 0 Å². The van der Waals surface area contributed by atoms with Crippen molar-refractivity contribution >= 4 is 6.09 Å². The highest BCUT2D eigenvalue weighted by Crippen LogP contribution is 2.32. The van der Waals surface area contributed by atoms with E-state index >= 15 is 0 Å². The average molecular weight is 244 g/mol. The normalized spacial score (nSPS) is 28.3. The molecule has 0 bridgehead atoms. The Labute approximate surface area is 103 Å². The summed E-state index contributed by atoms with van der Waals surface area (Å²) in [5.41, 5.74) is 4.52. The van der Waals surface area contributed by atoms with Gasteiger partial charge in [-0.3, -0.25) is 4.90 Å². The zero-order chi connectivity index (χ0) is 13.4. The minimum Gasteiger partial charge on any atom is -0.444 e. The molecule has 1 amide bonds. The number of carbonyl (C=O) groups is 1.